The number of sulfone groups is 1. The minimum absolute atomic E-state index is 0.0418. The molecule has 1 atom stereocenters. The number of aromatic amines is 1. The summed E-state index contributed by atoms with van der Waals surface area (Å²) in [5.74, 6) is 0.158. The van der Waals surface area contributed by atoms with Crippen molar-refractivity contribution >= 4 is 9.84 Å². The molecule has 0 saturated heterocycles. The lowest BCUT2D eigenvalue weighted by molar-refractivity contribution is 0.560. The highest BCUT2D eigenvalue weighted by atomic mass is 32.2. The molecule has 80 valence electrons. The van der Waals surface area contributed by atoms with Crippen molar-refractivity contribution in [3.05, 3.63) is 18.0 Å². The second-order valence-corrected chi connectivity index (χ2v) is 5.67. The van der Waals surface area contributed by atoms with E-state index in [2.05, 4.69) is 15.5 Å². The van der Waals surface area contributed by atoms with E-state index in [4.69, 9.17) is 0 Å². The lowest BCUT2D eigenvalue weighted by atomic mass is 10.3. The molecule has 0 bridgehead atoms. The predicted molar refractivity (Wildman–Crippen MR) is 54.6 cm³/mol. The summed E-state index contributed by atoms with van der Waals surface area (Å²) >= 11 is 0. The van der Waals surface area contributed by atoms with Gasteiger partial charge in [0.15, 0.2) is 0 Å². The van der Waals surface area contributed by atoms with Crippen LogP contribution >= 0.6 is 0 Å². The summed E-state index contributed by atoms with van der Waals surface area (Å²) in [5, 5.41) is 9.59. The van der Waals surface area contributed by atoms with Gasteiger partial charge in [-0.1, -0.05) is 0 Å². The summed E-state index contributed by atoms with van der Waals surface area (Å²) in [6, 6.07) is -0.0418. The van der Waals surface area contributed by atoms with Gasteiger partial charge >= 0.3 is 0 Å². The molecule has 0 aliphatic heterocycles. The summed E-state index contributed by atoms with van der Waals surface area (Å²) < 4.78 is 21.9. The van der Waals surface area contributed by atoms with E-state index >= 15 is 0 Å². The van der Waals surface area contributed by atoms with E-state index in [-0.39, 0.29) is 11.8 Å². The summed E-state index contributed by atoms with van der Waals surface area (Å²) in [4.78, 5) is 0. The van der Waals surface area contributed by atoms with Gasteiger partial charge in [0.2, 0.25) is 0 Å². The molecule has 1 rings (SSSR count). The Bertz CT molecular complexity index is 358. The Kier molecular flexibility index (Phi) is 3.65. The van der Waals surface area contributed by atoms with Crippen molar-refractivity contribution in [2.45, 2.75) is 19.5 Å². The molecule has 0 fully saturated rings. The molecule has 0 aliphatic rings. The normalized spacial score (nSPS) is 14.1. The zero-order chi connectivity index (χ0) is 10.6. The van der Waals surface area contributed by atoms with Gasteiger partial charge in [0.05, 0.1) is 11.9 Å². The first kappa shape index (κ1) is 11.2. The fraction of sp³-hybridized carbons (Fsp3) is 0.625. The molecule has 0 spiro atoms. The van der Waals surface area contributed by atoms with Crippen LogP contribution in [-0.2, 0) is 16.4 Å². The molecule has 0 saturated carbocycles. The molecule has 0 aliphatic carbocycles. The highest BCUT2D eigenvalue weighted by Gasteiger charge is 2.09. The first-order valence-corrected chi connectivity index (χ1v) is 6.42. The van der Waals surface area contributed by atoms with E-state index in [1.54, 1.807) is 12.4 Å². The van der Waals surface area contributed by atoms with E-state index < -0.39 is 9.84 Å². The Morgan fingerprint density at radius 1 is 1.64 bits per heavy atom. The fourth-order valence-corrected chi connectivity index (χ4v) is 2.21. The standard InChI is InChI=1S/C8H15N3O2S/c1-7(6-14(2,12)13)9-3-8-4-10-11-5-8/h4-5,7,9H,3,6H2,1-2H3,(H,10,11). The maximum absolute atomic E-state index is 10.9. The van der Waals surface area contributed by atoms with Gasteiger partial charge in [0.25, 0.3) is 0 Å². The summed E-state index contributed by atoms with van der Waals surface area (Å²) in [6.07, 6.45) is 4.73. The summed E-state index contributed by atoms with van der Waals surface area (Å²) in [5.41, 5.74) is 1.02. The van der Waals surface area contributed by atoms with E-state index in [0.29, 0.717) is 6.54 Å². The molecule has 1 aromatic heterocycles. The fourth-order valence-electron chi connectivity index (χ4n) is 1.18. The van der Waals surface area contributed by atoms with Crippen LogP contribution in [0.1, 0.15) is 12.5 Å². The number of nitrogens with zero attached hydrogens (tertiary/aromatic N) is 1. The molecular formula is C8H15N3O2S. The van der Waals surface area contributed by atoms with Crippen molar-refractivity contribution in [1.82, 2.24) is 15.5 Å². The van der Waals surface area contributed by atoms with Gasteiger partial charge in [-0.15, -0.1) is 0 Å². The van der Waals surface area contributed by atoms with E-state index in [1.165, 1.54) is 6.26 Å². The SMILES string of the molecule is CC(CS(C)(=O)=O)NCc1cn[nH]c1. The first-order chi connectivity index (χ1) is 6.47. The number of aromatic nitrogens is 2. The van der Waals surface area contributed by atoms with Crippen molar-refractivity contribution < 1.29 is 8.42 Å². The number of rotatable bonds is 5. The van der Waals surface area contributed by atoms with E-state index in [9.17, 15) is 8.42 Å². The largest absolute Gasteiger partial charge is 0.309 e. The van der Waals surface area contributed by atoms with Crippen LogP contribution < -0.4 is 5.32 Å². The van der Waals surface area contributed by atoms with Crippen LogP contribution in [0.4, 0.5) is 0 Å². The van der Waals surface area contributed by atoms with Gasteiger partial charge in [-0.05, 0) is 6.92 Å². The van der Waals surface area contributed by atoms with Crippen molar-refractivity contribution in [2.75, 3.05) is 12.0 Å². The third kappa shape index (κ3) is 4.38. The molecule has 0 aromatic carbocycles. The third-order valence-corrected chi connectivity index (χ3v) is 2.87. The Morgan fingerprint density at radius 3 is 2.86 bits per heavy atom. The molecule has 14 heavy (non-hydrogen) atoms. The predicted octanol–water partition coefficient (Wildman–Crippen LogP) is -0.0676. The minimum atomic E-state index is -2.90. The average Bonchev–Trinajstić information content (AvgIpc) is 2.49. The van der Waals surface area contributed by atoms with Crippen LogP contribution in [-0.4, -0.2) is 36.7 Å². The van der Waals surface area contributed by atoms with Crippen molar-refractivity contribution in [2.24, 2.45) is 0 Å². The van der Waals surface area contributed by atoms with E-state index in [1.807, 2.05) is 6.92 Å². The highest BCUT2D eigenvalue weighted by Crippen LogP contribution is 1.95. The Balaban J connectivity index is 2.32. The second-order valence-electron chi connectivity index (χ2n) is 3.48. The number of nitrogens with one attached hydrogen (secondary N) is 2. The average molecular weight is 217 g/mol. The smallest absolute Gasteiger partial charge is 0.148 e. The van der Waals surface area contributed by atoms with E-state index in [0.717, 1.165) is 5.56 Å². The van der Waals surface area contributed by atoms with Crippen molar-refractivity contribution in [3.8, 4) is 0 Å². The Hall–Kier alpha value is -0.880. The highest BCUT2D eigenvalue weighted by molar-refractivity contribution is 7.90. The van der Waals surface area contributed by atoms with Crippen molar-refractivity contribution in [3.63, 3.8) is 0 Å². The zero-order valence-electron chi connectivity index (χ0n) is 8.32. The van der Waals surface area contributed by atoms with Gasteiger partial charge in [-0.3, -0.25) is 5.10 Å². The minimum Gasteiger partial charge on any atom is -0.309 e. The first-order valence-electron chi connectivity index (χ1n) is 4.36. The quantitative estimate of drug-likeness (QED) is 0.724. The maximum atomic E-state index is 10.9. The van der Waals surface area contributed by atoms with Gasteiger partial charge < -0.3 is 5.32 Å². The van der Waals surface area contributed by atoms with Gasteiger partial charge in [-0.25, -0.2) is 8.42 Å². The van der Waals surface area contributed by atoms with Crippen molar-refractivity contribution in [1.29, 1.82) is 0 Å². The number of hydrogen-bond acceptors (Lipinski definition) is 4. The molecule has 2 N–H and O–H groups in total. The molecule has 0 radical (unpaired) electrons. The Morgan fingerprint density at radius 2 is 2.36 bits per heavy atom. The monoisotopic (exact) mass is 217 g/mol. The van der Waals surface area contributed by atoms with Crippen LogP contribution in [0.25, 0.3) is 0 Å². The second kappa shape index (κ2) is 4.56. The third-order valence-electron chi connectivity index (χ3n) is 1.76. The Labute approximate surface area is 83.8 Å². The summed E-state index contributed by atoms with van der Waals surface area (Å²) in [6.45, 7) is 2.48. The van der Waals surface area contributed by atoms with Gasteiger partial charge in [0.1, 0.15) is 9.84 Å². The van der Waals surface area contributed by atoms with Crippen LogP contribution in [0, 0.1) is 0 Å². The molecule has 5 nitrogen and oxygen atoms in total. The van der Waals surface area contributed by atoms with Crippen LogP contribution in [0.5, 0.6) is 0 Å². The molecule has 6 heteroatoms. The van der Waals surface area contributed by atoms with Crippen LogP contribution in [0.15, 0.2) is 12.4 Å². The number of hydrogen-bond donors (Lipinski definition) is 2. The lowest BCUT2D eigenvalue weighted by Gasteiger charge is -2.11. The summed E-state index contributed by atoms with van der Waals surface area (Å²) in [7, 11) is -2.90. The lowest BCUT2D eigenvalue weighted by Crippen LogP contribution is -2.32. The van der Waals surface area contributed by atoms with Crippen LogP contribution in [0.3, 0.4) is 0 Å². The number of H-pyrrole nitrogens is 1. The molecule has 1 aromatic rings. The topological polar surface area (TPSA) is 74.8 Å². The zero-order valence-corrected chi connectivity index (χ0v) is 9.13. The van der Waals surface area contributed by atoms with Gasteiger partial charge in [-0.2, -0.15) is 5.10 Å². The molecule has 1 unspecified atom stereocenters. The molecule has 1 heterocycles. The molecule has 0 amide bonds. The van der Waals surface area contributed by atoms with Crippen LogP contribution in [0.2, 0.25) is 0 Å². The maximum Gasteiger partial charge on any atom is 0.148 e. The molecular weight excluding hydrogens is 202 g/mol. The van der Waals surface area contributed by atoms with Gasteiger partial charge in [0, 0.05) is 30.6 Å².